The van der Waals surface area contributed by atoms with Crippen molar-refractivity contribution in [3.8, 4) is 0 Å². The Labute approximate surface area is 166 Å². The Morgan fingerprint density at radius 3 is 2.38 bits per heavy atom. The van der Waals surface area contributed by atoms with Crippen LogP contribution < -0.4 is 10.2 Å². The third-order valence-electron chi connectivity index (χ3n) is 5.31. The zero-order valence-electron chi connectivity index (χ0n) is 15.5. The molecular weight excluding hydrogens is 378 g/mol. The predicted octanol–water partition coefficient (Wildman–Crippen LogP) is 0.466. The summed E-state index contributed by atoms with van der Waals surface area (Å²) in [7, 11) is 0. The van der Waals surface area contributed by atoms with Crippen LogP contribution in [0.5, 0.6) is 0 Å². The zero-order valence-corrected chi connectivity index (χ0v) is 15.5. The lowest BCUT2D eigenvalue weighted by Crippen LogP contribution is -2.44. The van der Waals surface area contributed by atoms with Gasteiger partial charge in [0.25, 0.3) is 5.91 Å². The van der Waals surface area contributed by atoms with E-state index in [1.807, 2.05) is 12.2 Å². The van der Waals surface area contributed by atoms with Crippen molar-refractivity contribution in [2.45, 2.75) is 12.8 Å². The second-order valence-electron chi connectivity index (χ2n) is 7.12. The minimum atomic E-state index is -0.846. The molecule has 4 amide bonds. The van der Waals surface area contributed by atoms with Gasteiger partial charge in [0.15, 0.2) is 6.61 Å². The Hall–Kier alpha value is -3.49. The van der Waals surface area contributed by atoms with Gasteiger partial charge >= 0.3 is 5.97 Å². The average Bonchev–Trinajstić information content (AvgIpc) is 2.96. The highest BCUT2D eigenvalue weighted by atomic mass is 16.5. The van der Waals surface area contributed by atoms with Crippen molar-refractivity contribution in [2.75, 3.05) is 29.9 Å². The van der Waals surface area contributed by atoms with E-state index in [1.54, 1.807) is 24.3 Å². The van der Waals surface area contributed by atoms with Crippen LogP contribution in [0.3, 0.4) is 0 Å². The lowest BCUT2D eigenvalue weighted by molar-refractivity contribution is -0.154. The molecule has 0 radical (unpaired) electrons. The summed E-state index contributed by atoms with van der Waals surface area (Å²) in [6, 6.07) is 6.79. The molecule has 0 unspecified atom stereocenters. The molecule has 9 heteroatoms. The molecule has 1 N–H and O–H groups in total. The number of carbonyl (C=O) groups is 5. The van der Waals surface area contributed by atoms with Crippen LogP contribution in [-0.4, -0.2) is 54.2 Å². The Morgan fingerprint density at radius 1 is 1.03 bits per heavy atom. The van der Waals surface area contributed by atoms with Crippen molar-refractivity contribution in [1.29, 1.82) is 0 Å². The quantitative estimate of drug-likeness (QED) is 0.449. The molecule has 0 bridgehead atoms. The Morgan fingerprint density at radius 2 is 1.69 bits per heavy atom. The summed E-state index contributed by atoms with van der Waals surface area (Å²) in [4.78, 5) is 63.4. The number of imide groups is 1. The van der Waals surface area contributed by atoms with Gasteiger partial charge in [0.2, 0.25) is 17.7 Å². The fraction of sp³-hybridized carbons (Fsp3) is 0.350. The minimum Gasteiger partial charge on any atom is -0.454 e. The number of fused-ring (bicyclic) bond motifs is 2. The van der Waals surface area contributed by atoms with E-state index in [-0.39, 0.29) is 24.3 Å². The minimum absolute atomic E-state index is 0.188. The van der Waals surface area contributed by atoms with E-state index in [4.69, 9.17) is 4.74 Å². The fourth-order valence-electron chi connectivity index (χ4n) is 3.88. The SMILES string of the molecule is O=C1CN(C(=O)COC(=O)CN2C(=O)[C@H]3CC=CC[C@H]3C2=O)c2ccccc2N1. The highest BCUT2D eigenvalue weighted by Crippen LogP contribution is 2.35. The third kappa shape index (κ3) is 3.51. The van der Waals surface area contributed by atoms with E-state index in [2.05, 4.69) is 5.32 Å². The second kappa shape index (κ2) is 7.50. The molecule has 1 fully saturated rings. The van der Waals surface area contributed by atoms with E-state index in [9.17, 15) is 24.0 Å². The molecule has 3 aliphatic rings. The molecule has 1 aliphatic carbocycles. The van der Waals surface area contributed by atoms with Gasteiger partial charge in [-0.1, -0.05) is 24.3 Å². The number of nitrogens with zero attached hydrogens (tertiary/aromatic N) is 2. The van der Waals surface area contributed by atoms with Gasteiger partial charge in [-0.3, -0.25) is 33.8 Å². The predicted molar refractivity (Wildman–Crippen MR) is 100 cm³/mol. The number of anilines is 2. The number of para-hydroxylation sites is 2. The summed E-state index contributed by atoms with van der Waals surface area (Å²) in [6.45, 7) is -1.30. The third-order valence-corrected chi connectivity index (χ3v) is 5.31. The molecule has 2 aliphatic heterocycles. The first-order valence-corrected chi connectivity index (χ1v) is 9.31. The summed E-state index contributed by atoms with van der Waals surface area (Å²) in [5.41, 5.74) is 1.00. The summed E-state index contributed by atoms with van der Waals surface area (Å²) in [5, 5.41) is 2.66. The molecule has 1 aromatic carbocycles. The van der Waals surface area contributed by atoms with Gasteiger partial charge in [0.1, 0.15) is 13.1 Å². The van der Waals surface area contributed by atoms with Crippen LogP contribution in [-0.2, 0) is 28.7 Å². The van der Waals surface area contributed by atoms with E-state index >= 15 is 0 Å². The van der Waals surface area contributed by atoms with Crippen molar-refractivity contribution in [1.82, 2.24) is 4.90 Å². The maximum absolute atomic E-state index is 12.5. The molecule has 1 aromatic rings. The number of hydrogen-bond donors (Lipinski definition) is 1. The maximum atomic E-state index is 12.5. The summed E-state index contributed by atoms with van der Waals surface area (Å²) < 4.78 is 5.00. The number of benzene rings is 1. The van der Waals surface area contributed by atoms with Crippen LogP contribution in [0.1, 0.15) is 12.8 Å². The maximum Gasteiger partial charge on any atom is 0.326 e. The number of hydrogen-bond acceptors (Lipinski definition) is 6. The molecular formula is C20H19N3O6. The van der Waals surface area contributed by atoms with Gasteiger partial charge in [0.05, 0.1) is 23.2 Å². The number of carbonyl (C=O) groups excluding carboxylic acids is 5. The first-order chi connectivity index (χ1) is 14.0. The number of nitrogens with one attached hydrogen (secondary N) is 1. The van der Waals surface area contributed by atoms with Crippen LogP contribution in [0.4, 0.5) is 11.4 Å². The van der Waals surface area contributed by atoms with Crippen molar-refractivity contribution in [2.24, 2.45) is 11.8 Å². The van der Waals surface area contributed by atoms with Crippen LogP contribution >= 0.6 is 0 Å². The molecule has 0 aromatic heterocycles. The molecule has 150 valence electrons. The van der Waals surface area contributed by atoms with Gasteiger partial charge in [-0.05, 0) is 25.0 Å². The van der Waals surface area contributed by atoms with Crippen molar-refractivity contribution < 1.29 is 28.7 Å². The number of esters is 1. The Bertz CT molecular complexity index is 914. The molecule has 2 heterocycles. The number of amides is 4. The Kier molecular flexibility index (Phi) is 4.87. The average molecular weight is 397 g/mol. The van der Waals surface area contributed by atoms with Crippen LogP contribution in [0.25, 0.3) is 0 Å². The second-order valence-corrected chi connectivity index (χ2v) is 7.12. The summed E-state index contributed by atoms with van der Waals surface area (Å²) >= 11 is 0. The Balaban J connectivity index is 1.36. The number of ether oxygens (including phenoxy) is 1. The largest absolute Gasteiger partial charge is 0.454 e. The van der Waals surface area contributed by atoms with Crippen LogP contribution in [0.15, 0.2) is 36.4 Å². The molecule has 9 nitrogen and oxygen atoms in total. The summed E-state index contributed by atoms with van der Waals surface area (Å²) in [6.07, 6.45) is 4.68. The van der Waals surface area contributed by atoms with Gasteiger partial charge in [0, 0.05) is 0 Å². The zero-order chi connectivity index (χ0) is 20.5. The highest BCUT2D eigenvalue weighted by Gasteiger charge is 2.47. The van der Waals surface area contributed by atoms with Gasteiger partial charge in [-0.2, -0.15) is 0 Å². The summed E-state index contributed by atoms with van der Waals surface area (Å²) in [5.74, 6) is -3.38. The number of likely N-dealkylation sites (tertiary alicyclic amines) is 1. The van der Waals surface area contributed by atoms with Crippen LogP contribution in [0, 0.1) is 11.8 Å². The first-order valence-electron chi connectivity index (χ1n) is 9.31. The normalized spacial score (nSPS) is 22.8. The van der Waals surface area contributed by atoms with E-state index in [0.717, 1.165) is 4.90 Å². The topological polar surface area (TPSA) is 113 Å². The first kappa shape index (κ1) is 18.9. The van der Waals surface area contributed by atoms with E-state index < -0.39 is 36.9 Å². The van der Waals surface area contributed by atoms with Gasteiger partial charge in [-0.15, -0.1) is 0 Å². The van der Waals surface area contributed by atoms with Crippen molar-refractivity contribution in [3.05, 3.63) is 36.4 Å². The molecule has 0 saturated carbocycles. The number of rotatable bonds is 4. The standard InChI is InChI=1S/C20H19N3O6/c24-16-9-22(15-8-4-3-7-14(15)21-16)17(25)11-29-18(26)10-23-19(27)12-5-1-2-6-13(12)20(23)28/h1-4,7-8,12-13H,5-6,9-11H2,(H,21,24)/t12-,13+. The van der Waals surface area contributed by atoms with Crippen molar-refractivity contribution >= 4 is 41.0 Å². The molecule has 0 spiro atoms. The number of allylic oxidation sites excluding steroid dienone is 2. The van der Waals surface area contributed by atoms with Gasteiger partial charge in [-0.25, -0.2) is 0 Å². The van der Waals surface area contributed by atoms with Gasteiger partial charge < -0.3 is 10.1 Å². The van der Waals surface area contributed by atoms with E-state index in [1.165, 1.54) is 4.90 Å². The molecule has 29 heavy (non-hydrogen) atoms. The lowest BCUT2D eigenvalue weighted by atomic mass is 9.85. The fourth-order valence-corrected chi connectivity index (χ4v) is 3.88. The smallest absolute Gasteiger partial charge is 0.326 e. The monoisotopic (exact) mass is 397 g/mol. The molecule has 2 atom stereocenters. The van der Waals surface area contributed by atoms with E-state index in [0.29, 0.717) is 24.2 Å². The van der Waals surface area contributed by atoms with Crippen LogP contribution in [0.2, 0.25) is 0 Å². The highest BCUT2D eigenvalue weighted by molar-refractivity contribution is 6.10. The van der Waals surface area contributed by atoms with Crippen molar-refractivity contribution in [3.63, 3.8) is 0 Å². The lowest BCUT2D eigenvalue weighted by Gasteiger charge is -2.28. The molecule has 1 saturated heterocycles. The molecule has 4 rings (SSSR count).